The quantitative estimate of drug-likeness (QED) is 0.883. The predicted octanol–water partition coefficient (Wildman–Crippen LogP) is 1.98. The molecule has 1 aromatic carbocycles. The largest absolute Gasteiger partial charge is 0.507 e. The summed E-state index contributed by atoms with van der Waals surface area (Å²) in [6.45, 7) is 7.18. The van der Waals surface area contributed by atoms with Crippen LogP contribution in [0.1, 0.15) is 31.4 Å². The summed E-state index contributed by atoms with van der Waals surface area (Å²) >= 11 is 0. The van der Waals surface area contributed by atoms with E-state index in [0.717, 1.165) is 37.8 Å². The van der Waals surface area contributed by atoms with Gasteiger partial charge in [-0.2, -0.15) is 0 Å². The second-order valence-corrected chi connectivity index (χ2v) is 6.15. The van der Waals surface area contributed by atoms with Crippen molar-refractivity contribution in [2.45, 2.75) is 25.9 Å². The highest BCUT2D eigenvalue weighted by Gasteiger charge is 2.26. The van der Waals surface area contributed by atoms with E-state index in [1.165, 1.54) is 19.4 Å². The van der Waals surface area contributed by atoms with Crippen LogP contribution in [-0.2, 0) is 0 Å². The second-order valence-electron chi connectivity index (χ2n) is 6.15. The standard InChI is InChI=1S/C16H24N2O2/c1-12(19)15-5-4-14(10-16(15)20)18-8-6-17(7-9-18)11-13-2-3-13/h4-5,10,12-13,19-20H,2-3,6-9,11H2,1H3. The SMILES string of the molecule is CC(O)c1ccc(N2CCN(CC3CC3)CC2)cc1O. The first kappa shape index (κ1) is 13.7. The number of rotatable bonds is 4. The van der Waals surface area contributed by atoms with Crippen LogP contribution in [0.2, 0.25) is 0 Å². The predicted molar refractivity (Wildman–Crippen MR) is 80.1 cm³/mol. The summed E-state index contributed by atoms with van der Waals surface area (Å²) in [6, 6.07) is 5.60. The molecule has 0 spiro atoms. The number of piperazine rings is 1. The minimum atomic E-state index is -0.626. The van der Waals surface area contributed by atoms with Gasteiger partial charge in [0.1, 0.15) is 5.75 Å². The highest BCUT2D eigenvalue weighted by molar-refractivity contribution is 5.54. The molecule has 4 nitrogen and oxygen atoms in total. The lowest BCUT2D eigenvalue weighted by molar-refractivity contribution is 0.195. The molecule has 2 N–H and O–H groups in total. The number of nitrogens with zero attached hydrogens (tertiary/aromatic N) is 2. The van der Waals surface area contributed by atoms with Crippen molar-refractivity contribution in [3.63, 3.8) is 0 Å². The summed E-state index contributed by atoms with van der Waals surface area (Å²) in [7, 11) is 0. The lowest BCUT2D eigenvalue weighted by atomic mass is 10.1. The second kappa shape index (κ2) is 5.62. The van der Waals surface area contributed by atoms with E-state index in [1.807, 2.05) is 12.1 Å². The average Bonchev–Trinajstić information content (AvgIpc) is 3.23. The fraction of sp³-hybridized carbons (Fsp3) is 0.625. The third-order valence-electron chi connectivity index (χ3n) is 4.41. The number of hydrogen-bond donors (Lipinski definition) is 2. The van der Waals surface area contributed by atoms with Gasteiger partial charge in [-0.3, -0.25) is 4.90 Å². The van der Waals surface area contributed by atoms with E-state index < -0.39 is 6.10 Å². The van der Waals surface area contributed by atoms with Crippen molar-refractivity contribution in [3.05, 3.63) is 23.8 Å². The van der Waals surface area contributed by atoms with Gasteiger partial charge in [0.05, 0.1) is 6.10 Å². The Kier molecular flexibility index (Phi) is 3.85. The summed E-state index contributed by atoms with van der Waals surface area (Å²) in [5.74, 6) is 1.15. The zero-order chi connectivity index (χ0) is 14.1. The minimum absolute atomic E-state index is 0.193. The van der Waals surface area contributed by atoms with E-state index in [4.69, 9.17) is 0 Å². The maximum absolute atomic E-state index is 9.97. The highest BCUT2D eigenvalue weighted by Crippen LogP contribution is 2.31. The molecule has 2 fully saturated rings. The molecule has 110 valence electrons. The zero-order valence-corrected chi connectivity index (χ0v) is 12.1. The van der Waals surface area contributed by atoms with E-state index in [0.29, 0.717) is 5.56 Å². The molecular formula is C16H24N2O2. The van der Waals surface area contributed by atoms with E-state index in [1.54, 1.807) is 13.0 Å². The van der Waals surface area contributed by atoms with Crippen LogP contribution in [-0.4, -0.2) is 47.8 Å². The molecule has 1 aliphatic heterocycles. The third-order valence-corrected chi connectivity index (χ3v) is 4.41. The average molecular weight is 276 g/mol. The first-order chi connectivity index (χ1) is 9.63. The fourth-order valence-corrected chi connectivity index (χ4v) is 2.94. The van der Waals surface area contributed by atoms with Crippen LogP contribution in [0.25, 0.3) is 0 Å². The molecule has 1 saturated carbocycles. The summed E-state index contributed by atoms with van der Waals surface area (Å²) in [5, 5.41) is 19.5. The smallest absolute Gasteiger partial charge is 0.123 e. The number of anilines is 1. The van der Waals surface area contributed by atoms with E-state index in [9.17, 15) is 10.2 Å². The molecule has 2 aliphatic rings. The van der Waals surface area contributed by atoms with Gasteiger partial charge in [-0.05, 0) is 31.7 Å². The Bertz CT molecular complexity index is 464. The minimum Gasteiger partial charge on any atom is -0.507 e. The van der Waals surface area contributed by atoms with Crippen LogP contribution < -0.4 is 4.90 Å². The summed E-state index contributed by atoms with van der Waals surface area (Å²) in [4.78, 5) is 4.87. The molecule has 1 atom stereocenters. The maximum Gasteiger partial charge on any atom is 0.123 e. The Hall–Kier alpha value is -1.26. The molecule has 1 aliphatic carbocycles. The highest BCUT2D eigenvalue weighted by atomic mass is 16.3. The molecular weight excluding hydrogens is 252 g/mol. The molecule has 1 heterocycles. The molecule has 0 bridgehead atoms. The van der Waals surface area contributed by atoms with Crippen LogP contribution in [0, 0.1) is 5.92 Å². The number of aliphatic hydroxyl groups is 1. The first-order valence-electron chi connectivity index (χ1n) is 7.62. The number of benzene rings is 1. The lowest BCUT2D eigenvalue weighted by Crippen LogP contribution is -2.47. The van der Waals surface area contributed by atoms with Gasteiger partial charge in [0.2, 0.25) is 0 Å². The summed E-state index contributed by atoms with van der Waals surface area (Å²) in [6.07, 6.45) is 2.20. The molecule has 0 amide bonds. The van der Waals surface area contributed by atoms with Gasteiger partial charge in [0.25, 0.3) is 0 Å². The first-order valence-corrected chi connectivity index (χ1v) is 7.62. The normalized spacial score (nSPS) is 22.0. The van der Waals surface area contributed by atoms with E-state index >= 15 is 0 Å². The van der Waals surface area contributed by atoms with Crippen molar-refractivity contribution < 1.29 is 10.2 Å². The monoisotopic (exact) mass is 276 g/mol. The van der Waals surface area contributed by atoms with Gasteiger partial charge in [-0.15, -0.1) is 0 Å². The van der Waals surface area contributed by atoms with Crippen molar-refractivity contribution in [1.29, 1.82) is 0 Å². The van der Waals surface area contributed by atoms with Gasteiger partial charge in [-0.25, -0.2) is 0 Å². The maximum atomic E-state index is 9.97. The van der Waals surface area contributed by atoms with Crippen LogP contribution >= 0.6 is 0 Å². The van der Waals surface area contributed by atoms with Crippen LogP contribution in [0.4, 0.5) is 5.69 Å². The molecule has 0 radical (unpaired) electrons. The van der Waals surface area contributed by atoms with E-state index in [-0.39, 0.29) is 5.75 Å². The van der Waals surface area contributed by atoms with E-state index in [2.05, 4.69) is 9.80 Å². The van der Waals surface area contributed by atoms with Gasteiger partial charge in [-0.1, -0.05) is 6.07 Å². The molecule has 20 heavy (non-hydrogen) atoms. The van der Waals surface area contributed by atoms with Crippen molar-refractivity contribution in [3.8, 4) is 5.75 Å². The Morgan fingerprint density at radius 1 is 1.20 bits per heavy atom. The number of aliphatic hydroxyl groups excluding tert-OH is 1. The number of phenolic OH excluding ortho intramolecular Hbond substituents is 1. The third kappa shape index (κ3) is 3.07. The van der Waals surface area contributed by atoms with Gasteiger partial charge in [0, 0.05) is 50.0 Å². The molecule has 3 rings (SSSR count). The van der Waals surface area contributed by atoms with Gasteiger partial charge < -0.3 is 15.1 Å². The Morgan fingerprint density at radius 3 is 2.45 bits per heavy atom. The lowest BCUT2D eigenvalue weighted by Gasteiger charge is -2.36. The molecule has 1 unspecified atom stereocenters. The fourth-order valence-electron chi connectivity index (χ4n) is 2.94. The van der Waals surface area contributed by atoms with Crippen LogP contribution in [0.3, 0.4) is 0 Å². The van der Waals surface area contributed by atoms with Gasteiger partial charge in [0.15, 0.2) is 0 Å². The summed E-state index contributed by atoms with van der Waals surface area (Å²) < 4.78 is 0. The molecule has 1 saturated heterocycles. The Balaban J connectivity index is 1.61. The number of phenols is 1. The Labute approximate surface area is 120 Å². The Morgan fingerprint density at radius 2 is 1.90 bits per heavy atom. The molecule has 4 heteroatoms. The number of aromatic hydroxyl groups is 1. The van der Waals surface area contributed by atoms with Crippen molar-refractivity contribution >= 4 is 5.69 Å². The van der Waals surface area contributed by atoms with Crippen LogP contribution in [0.15, 0.2) is 18.2 Å². The topological polar surface area (TPSA) is 46.9 Å². The van der Waals surface area contributed by atoms with Crippen molar-refractivity contribution in [2.24, 2.45) is 5.92 Å². The van der Waals surface area contributed by atoms with Crippen molar-refractivity contribution in [2.75, 3.05) is 37.6 Å². The molecule has 1 aromatic rings. The van der Waals surface area contributed by atoms with Gasteiger partial charge >= 0.3 is 0 Å². The molecule has 0 aromatic heterocycles. The van der Waals surface area contributed by atoms with Crippen molar-refractivity contribution in [1.82, 2.24) is 4.90 Å². The van der Waals surface area contributed by atoms with Crippen LogP contribution in [0.5, 0.6) is 5.75 Å². The summed E-state index contributed by atoms with van der Waals surface area (Å²) in [5.41, 5.74) is 1.65. The zero-order valence-electron chi connectivity index (χ0n) is 12.1. The number of hydrogen-bond acceptors (Lipinski definition) is 4.